The molecule has 1 aliphatic rings. The number of carbonyl (C=O) groups excluding carboxylic acids is 1. The number of fused-ring (bicyclic) bond motifs is 1. The lowest BCUT2D eigenvalue weighted by Crippen LogP contribution is -2.33. The van der Waals surface area contributed by atoms with Crippen LogP contribution in [0.3, 0.4) is 0 Å². The minimum absolute atomic E-state index is 0.0668. The van der Waals surface area contributed by atoms with Gasteiger partial charge in [0.05, 0.1) is 26.2 Å². The molecule has 4 heteroatoms. The van der Waals surface area contributed by atoms with Gasteiger partial charge in [0.25, 0.3) is 0 Å². The molecule has 138 valence electrons. The second-order valence-corrected chi connectivity index (χ2v) is 6.94. The highest BCUT2D eigenvalue weighted by atomic mass is 16.5. The van der Waals surface area contributed by atoms with Gasteiger partial charge in [-0.2, -0.15) is 0 Å². The molecule has 0 aliphatic heterocycles. The molecule has 2 aromatic rings. The Morgan fingerprint density at radius 2 is 1.85 bits per heavy atom. The summed E-state index contributed by atoms with van der Waals surface area (Å²) in [5.74, 6) is 1.41. The van der Waals surface area contributed by atoms with E-state index < -0.39 is 0 Å². The minimum atomic E-state index is -0.101. The zero-order chi connectivity index (χ0) is 18.7. The van der Waals surface area contributed by atoms with E-state index in [4.69, 9.17) is 9.47 Å². The molecular formula is C22H27NO3. The lowest BCUT2D eigenvalue weighted by molar-refractivity contribution is -0.123. The van der Waals surface area contributed by atoms with Crippen LogP contribution >= 0.6 is 0 Å². The average molecular weight is 353 g/mol. The normalized spacial score (nSPS) is 17.2. The first-order valence-corrected chi connectivity index (χ1v) is 9.15. The van der Waals surface area contributed by atoms with E-state index in [-0.39, 0.29) is 17.9 Å². The summed E-state index contributed by atoms with van der Waals surface area (Å²) < 4.78 is 10.8. The van der Waals surface area contributed by atoms with Crippen molar-refractivity contribution in [2.45, 2.75) is 45.1 Å². The fraction of sp³-hybridized carbons (Fsp3) is 0.409. The number of rotatable bonds is 5. The third-order valence-electron chi connectivity index (χ3n) is 5.28. The predicted molar refractivity (Wildman–Crippen MR) is 103 cm³/mol. The van der Waals surface area contributed by atoms with Crippen LogP contribution < -0.4 is 14.8 Å². The van der Waals surface area contributed by atoms with Gasteiger partial charge in [-0.05, 0) is 67.5 Å². The molecule has 0 saturated carbocycles. The van der Waals surface area contributed by atoms with E-state index >= 15 is 0 Å². The molecule has 1 aliphatic carbocycles. The van der Waals surface area contributed by atoms with Gasteiger partial charge >= 0.3 is 0 Å². The van der Waals surface area contributed by atoms with Crippen molar-refractivity contribution in [3.8, 4) is 11.5 Å². The lowest BCUT2D eigenvalue weighted by atomic mass is 9.82. The second kappa shape index (κ2) is 7.81. The Balaban J connectivity index is 1.80. The van der Waals surface area contributed by atoms with Gasteiger partial charge in [-0.25, -0.2) is 0 Å². The molecule has 0 fully saturated rings. The Labute approximate surface area is 155 Å². The third-order valence-corrected chi connectivity index (χ3v) is 5.28. The minimum Gasteiger partial charge on any atom is -0.493 e. The van der Waals surface area contributed by atoms with Crippen molar-refractivity contribution in [2.24, 2.45) is 0 Å². The number of aryl methyl sites for hydroxylation is 2. The Kier molecular flexibility index (Phi) is 5.50. The van der Waals surface area contributed by atoms with Crippen LogP contribution in [0.25, 0.3) is 0 Å². The average Bonchev–Trinajstić information content (AvgIpc) is 2.66. The van der Waals surface area contributed by atoms with Crippen LogP contribution in [0, 0.1) is 6.92 Å². The van der Waals surface area contributed by atoms with Crippen LogP contribution in [-0.2, 0) is 11.2 Å². The van der Waals surface area contributed by atoms with E-state index in [0.29, 0.717) is 11.5 Å². The second-order valence-electron chi connectivity index (χ2n) is 6.94. The summed E-state index contributed by atoms with van der Waals surface area (Å²) in [7, 11) is 3.25. The lowest BCUT2D eigenvalue weighted by Gasteiger charge is -2.27. The largest absolute Gasteiger partial charge is 0.493 e. The molecule has 0 aromatic heterocycles. The summed E-state index contributed by atoms with van der Waals surface area (Å²) in [5, 5.41) is 3.20. The molecule has 1 amide bonds. The molecule has 0 saturated heterocycles. The number of ether oxygens (including phenoxy) is 2. The molecule has 0 bridgehead atoms. The van der Waals surface area contributed by atoms with Crippen molar-refractivity contribution in [2.75, 3.05) is 14.2 Å². The molecule has 3 rings (SSSR count). The first-order chi connectivity index (χ1) is 12.5. The topological polar surface area (TPSA) is 47.6 Å². The maximum atomic E-state index is 13.0. The molecule has 0 spiro atoms. The van der Waals surface area contributed by atoms with Crippen LogP contribution in [-0.4, -0.2) is 20.1 Å². The zero-order valence-corrected chi connectivity index (χ0v) is 16.0. The summed E-state index contributed by atoms with van der Waals surface area (Å²) in [6.07, 6.45) is 3.02. The van der Waals surface area contributed by atoms with Crippen molar-refractivity contribution < 1.29 is 14.3 Å². The Morgan fingerprint density at radius 1 is 1.15 bits per heavy atom. The number of amides is 1. The van der Waals surface area contributed by atoms with Crippen molar-refractivity contribution >= 4 is 5.91 Å². The molecule has 0 heterocycles. The van der Waals surface area contributed by atoms with E-state index in [1.807, 2.05) is 32.0 Å². The Bertz CT molecular complexity index is 800. The fourth-order valence-electron chi connectivity index (χ4n) is 3.88. The Hall–Kier alpha value is -2.49. The number of benzene rings is 2. The zero-order valence-electron chi connectivity index (χ0n) is 16.0. The van der Waals surface area contributed by atoms with Gasteiger partial charge in [0, 0.05) is 0 Å². The van der Waals surface area contributed by atoms with E-state index in [0.717, 1.165) is 30.4 Å². The molecule has 1 N–H and O–H groups in total. The highest BCUT2D eigenvalue weighted by Gasteiger charge is 2.27. The molecule has 0 radical (unpaired) electrons. The first-order valence-electron chi connectivity index (χ1n) is 9.15. The number of hydrogen-bond donors (Lipinski definition) is 1. The van der Waals surface area contributed by atoms with Crippen molar-refractivity contribution in [1.82, 2.24) is 5.32 Å². The fourth-order valence-corrected chi connectivity index (χ4v) is 3.88. The highest BCUT2D eigenvalue weighted by Crippen LogP contribution is 2.35. The van der Waals surface area contributed by atoms with Gasteiger partial charge in [-0.15, -0.1) is 0 Å². The number of hydrogen-bond acceptors (Lipinski definition) is 3. The first kappa shape index (κ1) is 18.3. The van der Waals surface area contributed by atoms with Crippen molar-refractivity contribution in [3.63, 3.8) is 0 Å². The number of carbonyl (C=O) groups is 1. The van der Waals surface area contributed by atoms with E-state index in [1.165, 1.54) is 11.1 Å². The molecular weight excluding hydrogens is 326 g/mol. The van der Waals surface area contributed by atoms with Crippen LogP contribution in [0.4, 0.5) is 0 Å². The van der Waals surface area contributed by atoms with E-state index in [1.54, 1.807) is 14.2 Å². The van der Waals surface area contributed by atoms with Gasteiger partial charge in [0.2, 0.25) is 5.91 Å². The van der Waals surface area contributed by atoms with Crippen LogP contribution in [0.15, 0.2) is 36.4 Å². The van der Waals surface area contributed by atoms with Gasteiger partial charge in [-0.1, -0.05) is 24.3 Å². The van der Waals surface area contributed by atoms with Crippen molar-refractivity contribution in [3.05, 3.63) is 58.7 Å². The van der Waals surface area contributed by atoms with E-state index in [2.05, 4.69) is 23.5 Å². The maximum Gasteiger partial charge on any atom is 0.228 e. The molecule has 2 aromatic carbocycles. The maximum absolute atomic E-state index is 13.0. The quantitative estimate of drug-likeness (QED) is 0.871. The monoisotopic (exact) mass is 353 g/mol. The standard InChI is InChI=1S/C22H27NO3/c1-14-12-20(25-3)21(26-4)13-19(14)15(2)23-22(24)18-11-7-9-16-8-5-6-10-17(16)18/h5-6,8,10,12-13,15,18H,7,9,11H2,1-4H3,(H,23,24). The van der Waals surface area contributed by atoms with Gasteiger partial charge in [0.1, 0.15) is 0 Å². The van der Waals surface area contributed by atoms with Gasteiger partial charge < -0.3 is 14.8 Å². The summed E-state index contributed by atoms with van der Waals surface area (Å²) in [5.41, 5.74) is 4.58. The Morgan fingerprint density at radius 3 is 2.58 bits per heavy atom. The van der Waals surface area contributed by atoms with Crippen LogP contribution in [0.1, 0.15) is 54.0 Å². The number of nitrogens with one attached hydrogen (secondary N) is 1. The molecule has 2 unspecified atom stereocenters. The smallest absolute Gasteiger partial charge is 0.228 e. The predicted octanol–water partition coefficient (Wildman–Crippen LogP) is 4.31. The van der Waals surface area contributed by atoms with Crippen LogP contribution in [0.5, 0.6) is 11.5 Å². The molecule has 2 atom stereocenters. The summed E-state index contributed by atoms with van der Waals surface area (Å²) >= 11 is 0. The molecule has 26 heavy (non-hydrogen) atoms. The molecule has 4 nitrogen and oxygen atoms in total. The van der Waals surface area contributed by atoms with Gasteiger partial charge in [0.15, 0.2) is 11.5 Å². The van der Waals surface area contributed by atoms with E-state index in [9.17, 15) is 4.79 Å². The summed E-state index contributed by atoms with van der Waals surface area (Å²) in [6, 6.07) is 12.1. The highest BCUT2D eigenvalue weighted by molar-refractivity contribution is 5.84. The van der Waals surface area contributed by atoms with Gasteiger partial charge in [-0.3, -0.25) is 4.79 Å². The summed E-state index contributed by atoms with van der Waals surface area (Å²) in [6.45, 7) is 4.04. The third kappa shape index (κ3) is 3.55. The number of methoxy groups -OCH3 is 2. The van der Waals surface area contributed by atoms with Crippen molar-refractivity contribution in [1.29, 1.82) is 0 Å². The SMILES string of the molecule is COc1cc(C)c(C(C)NC(=O)C2CCCc3ccccc32)cc1OC. The summed E-state index contributed by atoms with van der Waals surface area (Å²) in [4.78, 5) is 13.0. The van der Waals surface area contributed by atoms with Crippen LogP contribution in [0.2, 0.25) is 0 Å².